The Hall–Kier alpha value is -2.60. The van der Waals surface area contributed by atoms with Crippen LogP contribution >= 0.6 is 11.8 Å². The molecule has 1 aromatic heterocycles. The van der Waals surface area contributed by atoms with Gasteiger partial charge in [-0.3, -0.25) is 14.2 Å². The molecule has 2 aromatic carbocycles. The van der Waals surface area contributed by atoms with Gasteiger partial charge in [-0.1, -0.05) is 55.9 Å². The molecule has 3 rings (SSSR count). The van der Waals surface area contributed by atoms with E-state index in [0.29, 0.717) is 0 Å². The standard InChI is InChI=1S/C24H28N2O3S/c1-6-17-11-12-20(19-10-8-7-9-18(17)19)26-16(3)14-25-23(26)30-24(4,5)21(27)13-15(2)22(28)29/h7-12,14-15H,6,13H2,1-5H3,(H,28,29). The van der Waals surface area contributed by atoms with Crippen LogP contribution in [0.4, 0.5) is 0 Å². The van der Waals surface area contributed by atoms with Crippen LogP contribution in [0.2, 0.25) is 0 Å². The maximum absolute atomic E-state index is 12.8. The first-order chi connectivity index (χ1) is 14.2. The Morgan fingerprint density at radius 1 is 1.17 bits per heavy atom. The first kappa shape index (κ1) is 22.1. The van der Waals surface area contributed by atoms with Crippen LogP contribution in [0.1, 0.15) is 45.4 Å². The van der Waals surface area contributed by atoms with Crippen LogP contribution in [0.3, 0.4) is 0 Å². The number of Topliss-reactive ketones (excluding diaryl/α,β-unsaturated/α-hetero) is 1. The van der Waals surface area contributed by atoms with Crippen LogP contribution in [-0.4, -0.2) is 31.2 Å². The second-order valence-electron chi connectivity index (χ2n) is 8.14. The molecule has 0 aliphatic carbocycles. The van der Waals surface area contributed by atoms with E-state index in [1.807, 2.05) is 39.1 Å². The number of fused-ring (bicyclic) bond motifs is 1. The topological polar surface area (TPSA) is 72.2 Å². The third-order valence-electron chi connectivity index (χ3n) is 5.45. The number of carboxylic acid groups (broad SMARTS) is 1. The summed E-state index contributed by atoms with van der Waals surface area (Å²) in [7, 11) is 0. The Balaban J connectivity index is 2.02. The van der Waals surface area contributed by atoms with Crippen LogP contribution < -0.4 is 0 Å². The van der Waals surface area contributed by atoms with Gasteiger partial charge in [0.1, 0.15) is 5.78 Å². The number of hydrogen-bond acceptors (Lipinski definition) is 4. The molecule has 30 heavy (non-hydrogen) atoms. The first-order valence-electron chi connectivity index (χ1n) is 10.2. The van der Waals surface area contributed by atoms with Crippen LogP contribution in [0, 0.1) is 12.8 Å². The molecule has 0 bridgehead atoms. The normalized spacial score (nSPS) is 12.8. The fourth-order valence-corrected chi connectivity index (χ4v) is 4.62. The lowest BCUT2D eigenvalue weighted by Crippen LogP contribution is -2.31. The summed E-state index contributed by atoms with van der Waals surface area (Å²) in [5.74, 6) is -1.76. The van der Waals surface area contributed by atoms with Gasteiger partial charge in [0.15, 0.2) is 5.16 Å². The zero-order valence-corrected chi connectivity index (χ0v) is 18.9. The fourth-order valence-electron chi connectivity index (χ4n) is 3.53. The average molecular weight is 425 g/mol. The smallest absolute Gasteiger partial charge is 0.306 e. The predicted molar refractivity (Wildman–Crippen MR) is 122 cm³/mol. The van der Waals surface area contributed by atoms with E-state index < -0.39 is 16.6 Å². The molecular formula is C24H28N2O3S. The number of imidazole rings is 1. The van der Waals surface area contributed by atoms with E-state index in [4.69, 9.17) is 5.11 Å². The lowest BCUT2D eigenvalue weighted by atomic mass is 9.97. The minimum atomic E-state index is -0.955. The van der Waals surface area contributed by atoms with Gasteiger partial charge in [-0.05, 0) is 44.2 Å². The number of aryl methyl sites for hydroxylation is 2. The number of benzene rings is 2. The molecule has 0 aliphatic heterocycles. The molecule has 158 valence electrons. The van der Waals surface area contributed by atoms with Crippen molar-refractivity contribution >= 4 is 34.3 Å². The Morgan fingerprint density at radius 2 is 1.83 bits per heavy atom. The SMILES string of the molecule is CCc1ccc(-n2c(C)cnc2SC(C)(C)C(=O)CC(C)C(=O)O)c2ccccc12. The second kappa shape index (κ2) is 8.64. The maximum Gasteiger partial charge on any atom is 0.306 e. The Kier molecular flexibility index (Phi) is 6.36. The van der Waals surface area contributed by atoms with Crippen molar-refractivity contribution in [1.82, 2.24) is 9.55 Å². The number of carboxylic acids is 1. The van der Waals surface area contributed by atoms with Crippen molar-refractivity contribution in [3.05, 3.63) is 53.9 Å². The Bertz CT molecular complexity index is 1100. The van der Waals surface area contributed by atoms with Gasteiger partial charge in [0.25, 0.3) is 0 Å². The molecule has 0 radical (unpaired) electrons. The highest BCUT2D eigenvalue weighted by Gasteiger charge is 2.33. The van der Waals surface area contributed by atoms with E-state index in [0.717, 1.165) is 28.3 Å². The summed E-state index contributed by atoms with van der Waals surface area (Å²) >= 11 is 1.38. The molecule has 5 nitrogen and oxygen atoms in total. The highest BCUT2D eigenvalue weighted by molar-refractivity contribution is 8.01. The molecule has 0 spiro atoms. The number of carbonyl (C=O) groups excluding carboxylic acids is 1. The molecule has 1 N–H and O–H groups in total. The molecule has 6 heteroatoms. The number of carbonyl (C=O) groups is 2. The van der Waals surface area contributed by atoms with Gasteiger partial charge >= 0.3 is 5.97 Å². The van der Waals surface area contributed by atoms with E-state index in [1.54, 1.807) is 6.92 Å². The number of thioether (sulfide) groups is 1. The summed E-state index contributed by atoms with van der Waals surface area (Å²) in [5.41, 5.74) is 3.30. The fraction of sp³-hybridized carbons (Fsp3) is 0.375. The zero-order chi connectivity index (χ0) is 22.1. The minimum absolute atomic E-state index is 0.00313. The van der Waals surface area contributed by atoms with Crippen molar-refractivity contribution in [2.75, 3.05) is 0 Å². The summed E-state index contributed by atoms with van der Waals surface area (Å²) in [4.78, 5) is 28.6. The maximum atomic E-state index is 12.8. The minimum Gasteiger partial charge on any atom is -0.481 e. The molecule has 1 unspecified atom stereocenters. The molecule has 1 atom stereocenters. The molecule has 0 fully saturated rings. The Morgan fingerprint density at radius 3 is 2.47 bits per heavy atom. The third kappa shape index (κ3) is 4.29. The van der Waals surface area contributed by atoms with E-state index in [-0.39, 0.29) is 12.2 Å². The number of hydrogen-bond donors (Lipinski definition) is 1. The van der Waals surface area contributed by atoms with E-state index >= 15 is 0 Å². The van der Waals surface area contributed by atoms with E-state index in [1.165, 1.54) is 22.7 Å². The zero-order valence-electron chi connectivity index (χ0n) is 18.1. The summed E-state index contributed by atoms with van der Waals surface area (Å²) in [5, 5.41) is 12.2. The van der Waals surface area contributed by atoms with E-state index in [2.05, 4.69) is 40.7 Å². The summed E-state index contributed by atoms with van der Waals surface area (Å²) in [6, 6.07) is 12.6. The van der Waals surface area contributed by atoms with Gasteiger partial charge in [-0.2, -0.15) is 0 Å². The average Bonchev–Trinajstić information content (AvgIpc) is 3.06. The monoisotopic (exact) mass is 424 g/mol. The summed E-state index contributed by atoms with van der Waals surface area (Å²) in [6.45, 7) is 9.38. The van der Waals surface area contributed by atoms with Gasteiger partial charge in [0.2, 0.25) is 0 Å². The van der Waals surface area contributed by atoms with Crippen molar-refractivity contribution in [2.45, 2.75) is 57.4 Å². The van der Waals surface area contributed by atoms with Gasteiger partial charge in [0, 0.05) is 23.7 Å². The number of aromatic nitrogens is 2. The lowest BCUT2D eigenvalue weighted by Gasteiger charge is -2.24. The molecule has 0 saturated carbocycles. The van der Waals surface area contributed by atoms with Crippen LogP contribution in [-0.2, 0) is 16.0 Å². The molecular weight excluding hydrogens is 396 g/mol. The quantitative estimate of drug-likeness (QED) is 0.487. The number of nitrogens with zero attached hydrogens (tertiary/aromatic N) is 2. The second-order valence-corrected chi connectivity index (χ2v) is 9.73. The summed E-state index contributed by atoms with van der Waals surface area (Å²) < 4.78 is 1.29. The van der Waals surface area contributed by atoms with Crippen molar-refractivity contribution < 1.29 is 14.7 Å². The molecule has 0 aliphatic rings. The lowest BCUT2D eigenvalue weighted by molar-refractivity contribution is -0.143. The van der Waals surface area contributed by atoms with Crippen LogP contribution in [0.15, 0.2) is 47.8 Å². The Labute approximate surface area is 181 Å². The van der Waals surface area contributed by atoms with Gasteiger partial charge in [-0.25, -0.2) is 4.98 Å². The largest absolute Gasteiger partial charge is 0.481 e. The van der Waals surface area contributed by atoms with Gasteiger partial charge < -0.3 is 5.11 Å². The van der Waals surface area contributed by atoms with E-state index in [9.17, 15) is 9.59 Å². The van der Waals surface area contributed by atoms with Gasteiger partial charge in [0.05, 0.1) is 16.4 Å². The molecule has 1 heterocycles. The van der Waals surface area contributed by atoms with Crippen molar-refractivity contribution in [3.8, 4) is 5.69 Å². The number of rotatable bonds is 8. The number of aliphatic carboxylic acids is 1. The van der Waals surface area contributed by atoms with Crippen LogP contribution in [0.25, 0.3) is 16.5 Å². The van der Waals surface area contributed by atoms with Crippen molar-refractivity contribution in [2.24, 2.45) is 5.92 Å². The van der Waals surface area contributed by atoms with Crippen LogP contribution in [0.5, 0.6) is 0 Å². The molecule has 3 aromatic rings. The first-order valence-corrected chi connectivity index (χ1v) is 11.0. The van der Waals surface area contributed by atoms with Crippen molar-refractivity contribution in [1.29, 1.82) is 0 Å². The molecule has 0 saturated heterocycles. The highest BCUT2D eigenvalue weighted by Crippen LogP contribution is 2.37. The predicted octanol–water partition coefficient (Wildman–Crippen LogP) is 5.45. The third-order valence-corrected chi connectivity index (χ3v) is 6.66. The number of ketones is 1. The van der Waals surface area contributed by atoms with Crippen molar-refractivity contribution in [3.63, 3.8) is 0 Å². The molecule has 0 amide bonds. The van der Waals surface area contributed by atoms with Gasteiger partial charge in [-0.15, -0.1) is 0 Å². The summed E-state index contributed by atoms with van der Waals surface area (Å²) in [6.07, 6.45) is 2.77. The highest BCUT2D eigenvalue weighted by atomic mass is 32.2.